The molecule has 0 bridgehead atoms. The number of likely N-dealkylation sites (tertiary alicyclic amines) is 1. The first-order valence-corrected chi connectivity index (χ1v) is 10.2. The molecule has 29 heavy (non-hydrogen) atoms. The van der Waals surface area contributed by atoms with Crippen LogP contribution in [0, 0.1) is 0 Å². The van der Waals surface area contributed by atoms with Gasteiger partial charge >= 0.3 is 6.03 Å². The number of urea groups is 1. The first-order chi connectivity index (χ1) is 13.5. The summed E-state index contributed by atoms with van der Waals surface area (Å²) in [5.41, 5.74) is 7.15. The second kappa shape index (κ2) is 9.13. The molecule has 2 aliphatic rings. The molecule has 1 aliphatic heterocycles. The van der Waals surface area contributed by atoms with Crippen molar-refractivity contribution in [3.8, 4) is 0 Å². The Kier molecular flexibility index (Phi) is 6.80. The second-order valence-electron chi connectivity index (χ2n) is 8.21. The molecule has 0 radical (unpaired) electrons. The summed E-state index contributed by atoms with van der Waals surface area (Å²) in [6, 6.07) is 10.1. The van der Waals surface area contributed by atoms with Crippen molar-refractivity contribution in [2.24, 2.45) is 5.73 Å². The van der Waals surface area contributed by atoms with E-state index < -0.39 is 5.54 Å². The zero-order chi connectivity index (χ0) is 19.6. The predicted molar refractivity (Wildman–Crippen MR) is 113 cm³/mol. The van der Waals surface area contributed by atoms with Gasteiger partial charge in [0, 0.05) is 32.6 Å². The van der Waals surface area contributed by atoms with Crippen LogP contribution in [0.5, 0.6) is 0 Å². The van der Waals surface area contributed by atoms with Crippen LogP contribution in [0.25, 0.3) is 0 Å². The highest BCUT2D eigenvalue weighted by Crippen LogP contribution is 2.36. The van der Waals surface area contributed by atoms with Gasteiger partial charge in [-0.3, -0.25) is 0 Å². The lowest BCUT2D eigenvalue weighted by Crippen LogP contribution is -2.44. The van der Waals surface area contributed by atoms with E-state index >= 15 is 0 Å². The third-order valence-corrected chi connectivity index (χ3v) is 6.09. The Morgan fingerprint density at radius 1 is 1.24 bits per heavy atom. The number of nitrogens with zero attached hydrogens (tertiary/aromatic N) is 4. The maximum atomic E-state index is 12.7. The Bertz CT molecular complexity index is 798. The summed E-state index contributed by atoms with van der Waals surface area (Å²) in [7, 11) is 1.86. The van der Waals surface area contributed by atoms with Crippen LogP contribution in [0.4, 0.5) is 4.79 Å². The summed E-state index contributed by atoms with van der Waals surface area (Å²) in [4.78, 5) is 21.1. The fourth-order valence-electron chi connectivity index (χ4n) is 4.32. The van der Waals surface area contributed by atoms with Gasteiger partial charge in [0.05, 0.1) is 5.54 Å². The number of rotatable bonds is 4. The molecular weight excluding hydrogens is 390 g/mol. The number of halogens is 1. The van der Waals surface area contributed by atoms with Gasteiger partial charge in [-0.05, 0) is 31.2 Å². The summed E-state index contributed by atoms with van der Waals surface area (Å²) in [6.45, 7) is 2.02. The molecule has 1 aliphatic carbocycles. The number of hydrogen-bond donors (Lipinski definition) is 1. The van der Waals surface area contributed by atoms with Crippen LogP contribution in [0.1, 0.15) is 61.7 Å². The van der Waals surface area contributed by atoms with Crippen LogP contribution in [0.15, 0.2) is 34.9 Å². The highest BCUT2D eigenvalue weighted by Gasteiger charge is 2.37. The van der Waals surface area contributed by atoms with Gasteiger partial charge in [-0.1, -0.05) is 48.3 Å². The molecule has 8 heteroatoms. The number of carbonyl (C=O) groups excluding carboxylic acids is 1. The van der Waals surface area contributed by atoms with Gasteiger partial charge in [0.25, 0.3) is 0 Å². The molecule has 2 heterocycles. The Balaban J connectivity index is 0.00000240. The van der Waals surface area contributed by atoms with Crippen LogP contribution >= 0.6 is 12.4 Å². The number of hydrogen-bond acceptors (Lipinski definition) is 5. The molecule has 4 rings (SSSR count). The fourth-order valence-corrected chi connectivity index (χ4v) is 4.32. The largest absolute Gasteiger partial charge is 0.339 e. The lowest BCUT2D eigenvalue weighted by molar-refractivity contribution is 0.143. The number of piperidine rings is 1. The van der Waals surface area contributed by atoms with E-state index in [9.17, 15) is 4.79 Å². The lowest BCUT2D eigenvalue weighted by atomic mass is 9.96. The van der Waals surface area contributed by atoms with Crippen molar-refractivity contribution in [3.05, 3.63) is 47.6 Å². The van der Waals surface area contributed by atoms with Crippen molar-refractivity contribution in [3.63, 3.8) is 0 Å². The molecule has 0 atom stereocenters. The third-order valence-electron chi connectivity index (χ3n) is 6.09. The summed E-state index contributed by atoms with van der Waals surface area (Å²) < 4.78 is 5.55. The first kappa shape index (κ1) is 21.6. The third kappa shape index (κ3) is 4.73. The summed E-state index contributed by atoms with van der Waals surface area (Å²) >= 11 is 0. The lowest BCUT2D eigenvalue weighted by Gasteiger charge is -2.33. The van der Waals surface area contributed by atoms with Crippen molar-refractivity contribution >= 4 is 18.4 Å². The normalized spacial score (nSPS) is 19.0. The molecule has 1 saturated carbocycles. The molecule has 0 unspecified atom stereocenters. The molecular formula is C21H30ClN5O2. The van der Waals surface area contributed by atoms with Crippen LogP contribution < -0.4 is 5.73 Å². The Hall–Kier alpha value is -2.12. The van der Waals surface area contributed by atoms with Gasteiger partial charge in [-0.15, -0.1) is 12.4 Å². The van der Waals surface area contributed by atoms with Crippen molar-refractivity contribution < 1.29 is 9.32 Å². The minimum absolute atomic E-state index is 0. The number of carbonyl (C=O) groups is 1. The maximum absolute atomic E-state index is 12.7. The van der Waals surface area contributed by atoms with E-state index in [1.54, 1.807) is 4.90 Å². The van der Waals surface area contributed by atoms with Crippen molar-refractivity contribution in [2.75, 3.05) is 20.1 Å². The molecule has 1 aromatic heterocycles. The highest BCUT2D eigenvalue weighted by molar-refractivity contribution is 5.85. The van der Waals surface area contributed by atoms with Crippen molar-refractivity contribution in [1.82, 2.24) is 19.9 Å². The van der Waals surface area contributed by atoms with Crippen LogP contribution in [-0.2, 0) is 12.1 Å². The van der Waals surface area contributed by atoms with E-state index in [2.05, 4.69) is 10.1 Å². The SMILES string of the molecule is CN(Cc1ccccc1)C(=O)N1CCC(c2nc(C3(N)CCCC3)no2)CC1.Cl. The van der Waals surface area contributed by atoms with E-state index in [1.165, 1.54) is 0 Å². The smallest absolute Gasteiger partial charge is 0.320 e. The van der Waals surface area contributed by atoms with E-state index in [0.717, 1.165) is 44.1 Å². The molecule has 0 spiro atoms. The number of nitrogens with two attached hydrogens (primary N) is 1. The van der Waals surface area contributed by atoms with E-state index in [1.807, 2.05) is 42.3 Å². The topological polar surface area (TPSA) is 88.5 Å². The van der Waals surface area contributed by atoms with Crippen LogP contribution in [0.2, 0.25) is 0 Å². The van der Waals surface area contributed by atoms with Crippen molar-refractivity contribution in [2.45, 2.75) is 56.5 Å². The van der Waals surface area contributed by atoms with Gasteiger partial charge in [0.1, 0.15) is 0 Å². The number of amides is 2. The van der Waals surface area contributed by atoms with E-state index in [4.69, 9.17) is 10.3 Å². The zero-order valence-electron chi connectivity index (χ0n) is 16.9. The maximum Gasteiger partial charge on any atom is 0.320 e. The second-order valence-corrected chi connectivity index (χ2v) is 8.21. The standard InChI is InChI=1S/C21H29N5O2.ClH/c1-25(15-16-7-3-2-4-8-16)20(27)26-13-9-17(10-14-26)18-23-19(24-28-18)21(22)11-5-6-12-21;/h2-4,7-8,17H,5-6,9-15,22H2,1H3;1H. The van der Waals surface area contributed by atoms with Crippen LogP contribution in [0.3, 0.4) is 0 Å². The summed E-state index contributed by atoms with van der Waals surface area (Å²) in [5, 5.41) is 4.17. The van der Waals surface area contributed by atoms with E-state index in [0.29, 0.717) is 31.3 Å². The molecule has 1 aromatic carbocycles. The van der Waals surface area contributed by atoms with Gasteiger partial charge in [0.2, 0.25) is 5.89 Å². The predicted octanol–water partition coefficient (Wildman–Crippen LogP) is 3.65. The Morgan fingerprint density at radius 3 is 2.55 bits per heavy atom. The zero-order valence-corrected chi connectivity index (χ0v) is 17.7. The van der Waals surface area contributed by atoms with Gasteiger partial charge < -0.3 is 20.1 Å². The summed E-state index contributed by atoms with van der Waals surface area (Å²) in [5.74, 6) is 1.53. The Labute approximate surface area is 178 Å². The molecule has 2 fully saturated rings. The first-order valence-electron chi connectivity index (χ1n) is 10.2. The number of aromatic nitrogens is 2. The Morgan fingerprint density at radius 2 is 1.90 bits per heavy atom. The quantitative estimate of drug-likeness (QED) is 0.816. The molecule has 158 valence electrons. The monoisotopic (exact) mass is 419 g/mol. The molecule has 2 amide bonds. The van der Waals surface area contributed by atoms with Gasteiger partial charge in [-0.2, -0.15) is 4.98 Å². The number of benzene rings is 1. The van der Waals surface area contributed by atoms with Gasteiger partial charge in [-0.25, -0.2) is 4.79 Å². The minimum atomic E-state index is -0.418. The molecule has 1 saturated heterocycles. The molecule has 7 nitrogen and oxygen atoms in total. The van der Waals surface area contributed by atoms with E-state index in [-0.39, 0.29) is 24.4 Å². The van der Waals surface area contributed by atoms with Gasteiger partial charge in [0.15, 0.2) is 5.82 Å². The van der Waals surface area contributed by atoms with Crippen LogP contribution in [-0.4, -0.2) is 46.1 Å². The molecule has 2 N–H and O–H groups in total. The fraction of sp³-hybridized carbons (Fsp3) is 0.571. The van der Waals surface area contributed by atoms with Crippen molar-refractivity contribution in [1.29, 1.82) is 0 Å². The minimum Gasteiger partial charge on any atom is -0.339 e. The molecule has 2 aromatic rings. The average Bonchev–Trinajstić information content (AvgIpc) is 3.39. The highest BCUT2D eigenvalue weighted by atomic mass is 35.5. The average molecular weight is 420 g/mol. The summed E-state index contributed by atoms with van der Waals surface area (Å²) in [6.07, 6.45) is 5.77.